The largest absolute Gasteiger partial charge is 0.370 e. The Bertz CT molecular complexity index is 705. The number of hydrogen-bond donors (Lipinski definition) is 1. The maximum atomic E-state index is 5.92. The van der Waals surface area contributed by atoms with Crippen LogP contribution in [0.1, 0.15) is 24.2 Å². The average molecular weight is 345 g/mol. The van der Waals surface area contributed by atoms with Gasteiger partial charge in [0.15, 0.2) is 5.96 Å². The molecule has 0 spiro atoms. The summed E-state index contributed by atoms with van der Waals surface area (Å²) in [5, 5.41) is 11.9. The van der Waals surface area contributed by atoms with Gasteiger partial charge in [-0.2, -0.15) is 10.2 Å². The number of nitrogens with zero attached hydrogens (tertiary/aromatic N) is 6. The van der Waals surface area contributed by atoms with Gasteiger partial charge in [0.25, 0.3) is 0 Å². The van der Waals surface area contributed by atoms with Gasteiger partial charge in [0.2, 0.25) is 0 Å². The van der Waals surface area contributed by atoms with Gasteiger partial charge in [0.05, 0.1) is 38.6 Å². The molecule has 0 saturated carbocycles. The van der Waals surface area contributed by atoms with Crippen LogP contribution in [0.4, 0.5) is 0 Å². The van der Waals surface area contributed by atoms with Crippen LogP contribution < -0.4 is 5.32 Å². The molecular weight excluding hydrogens is 318 g/mol. The summed E-state index contributed by atoms with van der Waals surface area (Å²) in [5.41, 5.74) is 2.28. The molecule has 2 aromatic heterocycles. The molecule has 0 radical (unpaired) electrons. The van der Waals surface area contributed by atoms with Crippen molar-refractivity contribution < 1.29 is 4.74 Å². The van der Waals surface area contributed by atoms with Crippen molar-refractivity contribution in [3.63, 3.8) is 0 Å². The number of aromatic nitrogens is 4. The van der Waals surface area contributed by atoms with Crippen LogP contribution in [-0.4, -0.2) is 63.2 Å². The number of guanidine groups is 1. The normalized spacial score (nSPS) is 18.6. The minimum Gasteiger partial charge on any atom is -0.370 e. The van der Waals surface area contributed by atoms with E-state index in [2.05, 4.69) is 27.3 Å². The van der Waals surface area contributed by atoms with Gasteiger partial charge < -0.3 is 15.0 Å². The Labute approximate surface area is 148 Å². The molecule has 3 heterocycles. The number of nitrogens with one attached hydrogen (secondary N) is 1. The SMILES string of the molecule is CCNC(=NCCn1cc(C)cn1)N1CCOC(c2cnn(C)c2)C1. The van der Waals surface area contributed by atoms with Gasteiger partial charge in [-0.3, -0.25) is 14.4 Å². The first kappa shape index (κ1) is 17.5. The molecule has 8 nitrogen and oxygen atoms in total. The molecule has 1 N–H and O–H groups in total. The summed E-state index contributed by atoms with van der Waals surface area (Å²) in [6.45, 7) is 8.74. The maximum Gasteiger partial charge on any atom is 0.194 e. The van der Waals surface area contributed by atoms with Gasteiger partial charge in [-0.15, -0.1) is 0 Å². The van der Waals surface area contributed by atoms with Crippen molar-refractivity contribution in [2.45, 2.75) is 26.5 Å². The van der Waals surface area contributed by atoms with Gasteiger partial charge in [-0.25, -0.2) is 0 Å². The molecule has 0 bridgehead atoms. The number of morpholine rings is 1. The molecule has 3 rings (SSSR count). The minimum atomic E-state index is 0.0278. The smallest absolute Gasteiger partial charge is 0.194 e. The predicted octanol–water partition coefficient (Wildman–Crippen LogP) is 0.964. The average Bonchev–Trinajstić information content (AvgIpc) is 3.23. The van der Waals surface area contributed by atoms with Crippen LogP contribution in [0, 0.1) is 6.92 Å². The van der Waals surface area contributed by atoms with Crippen molar-refractivity contribution in [1.82, 2.24) is 29.8 Å². The third kappa shape index (κ3) is 4.60. The lowest BCUT2D eigenvalue weighted by Gasteiger charge is -2.34. The van der Waals surface area contributed by atoms with E-state index in [9.17, 15) is 0 Å². The summed E-state index contributed by atoms with van der Waals surface area (Å²) < 4.78 is 9.66. The van der Waals surface area contributed by atoms with Crippen LogP contribution in [0.2, 0.25) is 0 Å². The van der Waals surface area contributed by atoms with E-state index in [-0.39, 0.29) is 6.10 Å². The summed E-state index contributed by atoms with van der Waals surface area (Å²) in [6, 6.07) is 0. The van der Waals surface area contributed by atoms with Crippen LogP contribution in [0.3, 0.4) is 0 Å². The highest BCUT2D eigenvalue weighted by Crippen LogP contribution is 2.21. The third-order valence-corrected chi connectivity index (χ3v) is 4.15. The number of aliphatic imine (C=N–C) groups is 1. The monoisotopic (exact) mass is 345 g/mol. The van der Waals surface area contributed by atoms with Crippen molar-refractivity contribution in [2.75, 3.05) is 32.8 Å². The van der Waals surface area contributed by atoms with E-state index in [1.165, 1.54) is 5.56 Å². The highest BCUT2D eigenvalue weighted by Gasteiger charge is 2.25. The quantitative estimate of drug-likeness (QED) is 0.646. The molecule has 1 atom stereocenters. The van der Waals surface area contributed by atoms with Crippen molar-refractivity contribution in [1.29, 1.82) is 0 Å². The number of ether oxygens (including phenoxy) is 1. The van der Waals surface area contributed by atoms with Crippen LogP contribution >= 0.6 is 0 Å². The number of aryl methyl sites for hydroxylation is 2. The third-order valence-electron chi connectivity index (χ3n) is 4.15. The Hall–Kier alpha value is -2.35. The van der Waals surface area contributed by atoms with E-state index >= 15 is 0 Å². The first-order valence-electron chi connectivity index (χ1n) is 8.78. The van der Waals surface area contributed by atoms with Crippen molar-refractivity contribution >= 4 is 5.96 Å². The van der Waals surface area contributed by atoms with Gasteiger partial charge in [0.1, 0.15) is 6.10 Å². The Balaban J connectivity index is 1.63. The van der Waals surface area contributed by atoms with E-state index in [1.54, 1.807) is 0 Å². The lowest BCUT2D eigenvalue weighted by molar-refractivity contribution is -0.00804. The molecular formula is C17H27N7O. The van der Waals surface area contributed by atoms with Crippen LogP contribution in [0.25, 0.3) is 0 Å². The fourth-order valence-corrected chi connectivity index (χ4v) is 2.92. The molecule has 8 heteroatoms. The van der Waals surface area contributed by atoms with Crippen molar-refractivity contribution in [2.24, 2.45) is 12.0 Å². The summed E-state index contributed by atoms with van der Waals surface area (Å²) >= 11 is 0. The first-order valence-corrected chi connectivity index (χ1v) is 8.78. The van der Waals surface area contributed by atoms with Crippen LogP contribution in [0.15, 0.2) is 29.8 Å². The molecule has 0 amide bonds. The summed E-state index contributed by atoms with van der Waals surface area (Å²) in [7, 11) is 1.92. The molecule has 2 aromatic rings. The van der Waals surface area contributed by atoms with Gasteiger partial charge in [-0.1, -0.05) is 0 Å². The van der Waals surface area contributed by atoms with Gasteiger partial charge in [-0.05, 0) is 19.4 Å². The zero-order chi connectivity index (χ0) is 17.6. The lowest BCUT2D eigenvalue weighted by Crippen LogP contribution is -2.48. The fourth-order valence-electron chi connectivity index (χ4n) is 2.92. The highest BCUT2D eigenvalue weighted by atomic mass is 16.5. The topological polar surface area (TPSA) is 72.5 Å². The summed E-state index contributed by atoms with van der Waals surface area (Å²) in [6.07, 6.45) is 7.82. The number of hydrogen-bond acceptors (Lipinski definition) is 4. The first-order chi connectivity index (χ1) is 12.2. The lowest BCUT2D eigenvalue weighted by atomic mass is 10.1. The number of rotatable bonds is 5. The fraction of sp³-hybridized carbons (Fsp3) is 0.588. The minimum absolute atomic E-state index is 0.0278. The molecule has 136 valence electrons. The van der Waals surface area contributed by atoms with E-state index in [0.717, 1.165) is 37.7 Å². The zero-order valence-corrected chi connectivity index (χ0v) is 15.2. The van der Waals surface area contributed by atoms with Crippen LogP contribution in [0.5, 0.6) is 0 Å². The zero-order valence-electron chi connectivity index (χ0n) is 15.2. The summed E-state index contributed by atoms with van der Waals surface area (Å²) in [4.78, 5) is 7.03. The predicted molar refractivity (Wildman–Crippen MR) is 96.4 cm³/mol. The second-order valence-electron chi connectivity index (χ2n) is 6.27. The molecule has 0 aliphatic carbocycles. The van der Waals surface area contributed by atoms with Gasteiger partial charge >= 0.3 is 0 Å². The Morgan fingerprint density at radius 1 is 1.36 bits per heavy atom. The molecule has 1 aliphatic rings. The summed E-state index contributed by atoms with van der Waals surface area (Å²) in [5.74, 6) is 0.934. The van der Waals surface area contributed by atoms with Gasteiger partial charge in [0, 0.05) is 38.1 Å². The Kier molecular flexibility index (Phi) is 5.70. The molecule has 1 saturated heterocycles. The second kappa shape index (κ2) is 8.15. The standard InChI is InChI=1S/C17H27N7O/c1-4-18-17(19-5-6-24-11-14(2)9-21-24)23-7-8-25-16(13-23)15-10-20-22(3)12-15/h9-12,16H,4-8,13H2,1-3H3,(H,18,19). The van der Waals surface area contributed by atoms with Crippen LogP contribution in [-0.2, 0) is 18.3 Å². The Morgan fingerprint density at radius 3 is 2.92 bits per heavy atom. The van der Waals surface area contributed by atoms with E-state index in [0.29, 0.717) is 13.2 Å². The van der Waals surface area contributed by atoms with E-state index < -0.39 is 0 Å². The molecule has 25 heavy (non-hydrogen) atoms. The molecule has 1 aliphatic heterocycles. The maximum absolute atomic E-state index is 5.92. The van der Waals surface area contributed by atoms with E-state index in [1.807, 2.05) is 48.1 Å². The molecule has 0 aromatic carbocycles. The molecule has 1 fully saturated rings. The van der Waals surface area contributed by atoms with E-state index in [4.69, 9.17) is 9.73 Å². The Morgan fingerprint density at radius 2 is 2.24 bits per heavy atom. The highest BCUT2D eigenvalue weighted by molar-refractivity contribution is 5.80. The van der Waals surface area contributed by atoms with Crippen molar-refractivity contribution in [3.05, 3.63) is 35.9 Å². The van der Waals surface area contributed by atoms with Crippen molar-refractivity contribution in [3.8, 4) is 0 Å². The second-order valence-corrected chi connectivity index (χ2v) is 6.27. The molecule has 1 unspecified atom stereocenters.